The van der Waals surface area contributed by atoms with Crippen LogP contribution in [0.15, 0.2) is 44.9 Å². The lowest BCUT2D eigenvalue weighted by molar-refractivity contribution is -0.127. The molecule has 2 atom stereocenters. The van der Waals surface area contributed by atoms with Crippen molar-refractivity contribution in [3.05, 3.63) is 35.6 Å². The molecule has 152 valence electrons. The zero-order valence-corrected chi connectivity index (χ0v) is 17.3. The summed E-state index contributed by atoms with van der Waals surface area (Å²) in [7, 11) is -3.95. The third kappa shape index (κ3) is 3.53. The summed E-state index contributed by atoms with van der Waals surface area (Å²) in [5.41, 5.74) is 0.310. The standard InChI is InChI=1S/C20H27N3O4S/c1-4-6-9-12-23-17(13(3)5-2)18(24)16(20(23)25)19-21-14-10-7-8-11-15(14)28(26,27)22-19/h7-8,10-11,13,17,24H,4-6,9,12H2,1-3H3,(H,21,22). The van der Waals surface area contributed by atoms with Crippen molar-refractivity contribution in [2.45, 2.75) is 57.4 Å². The lowest BCUT2D eigenvalue weighted by Crippen LogP contribution is -2.41. The Morgan fingerprint density at radius 1 is 1.25 bits per heavy atom. The van der Waals surface area contributed by atoms with E-state index >= 15 is 0 Å². The second kappa shape index (κ2) is 7.95. The summed E-state index contributed by atoms with van der Waals surface area (Å²) >= 11 is 0. The summed E-state index contributed by atoms with van der Waals surface area (Å²) in [4.78, 5) is 14.9. The molecule has 2 aliphatic heterocycles. The maximum absolute atomic E-state index is 13.2. The van der Waals surface area contributed by atoms with Crippen molar-refractivity contribution in [2.75, 3.05) is 11.9 Å². The van der Waals surface area contributed by atoms with E-state index in [2.05, 4.69) is 16.6 Å². The van der Waals surface area contributed by atoms with Crippen LogP contribution in [0.1, 0.15) is 46.5 Å². The predicted molar refractivity (Wildman–Crippen MR) is 109 cm³/mol. The minimum absolute atomic E-state index is 0.0381. The number of nitrogens with zero attached hydrogens (tertiary/aromatic N) is 2. The number of carbonyl (C=O) groups excluding carboxylic acids is 1. The van der Waals surface area contributed by atoms with Gasteiger partial charge in [0, 0.05) is 6.54 Å². The van der Waals surface area contributed by atoms with Crippen molar-refractivity contribution in [3.8, 4) is 0 Å². The first-order valence-electron chi connectivity index (χ1n) is 9.77. The van der Waals surface area contributed by atoms with Crippen molar-refractivity contribution in [2.24, 2.45) is 10.3 Å². The highest BCUT2D eigenvalue weighted by Crippen LogP contribution is 2.35. The average molecular weight is 406 g/mol. The van der Waals surface area contributed by atoms with Gasteiger partial charge in [-0.1, -0.05) is 52.2 Å². The minimum Gasteiger partial charge on any atom is -0.509 e. The summed E-state index contributed by atoms with van der Waals surface area (Å²) in [6.07, 6.45) is 3.61. The van der Waals surface area contributed by atoms with Gasteiger partial charge in [0.05, 0.1) is 11.7 Å². The molecule has 3 rings (SSSR count). The Balaban J connectivity index is 2.02. The molecule has 0 aliphatic carbocycles. The molecular formula is C20H27N3O4S. The Kier molecular flexibility index (Phi) is 5.79. The number of hydrogen-bond donors (Lipinski definition) is 2. The number of hydrogen-bond acceptors (Lipinski definition) is 5. The normalized spacial score (nSPS) is 22.0. The van der Waals surface area contributed by atoms with E-state index in [1.807, 2.05) is 13.8 Å². The summed E-state index contributed by atoms with van der Waals surface area (Å²) in [5, 5.41) is 13.8. The highest BCUT2D eigenvalue weighted by atomic mass is 32.2. The molecule has 2 N–H and O–H groups in total. The lowest BCUT2D eigenvalue weighted by Gasteiger charge is -2.29. The highest BCUT2D eigenvalue weighted by molar-refractivity contribution is 7.90. The van der Waals surface area contributed by atoms with Gasteiger partial charge >= 0.3 is 0 Å². The first kappa shape index (κ1) is 20.4. The van der Waals surface area contributed by atoms with Crippen LogP contribution < -0.4 is 5.32 Å². The monoisotopic (exact) mass is 405 g/mol. The Morgan fingerprint density at radius 2 is 1.96 bits per heavy atom. The number of sulfonamides is 1. The maximum atomic E-state index is 13.2. The van der Waals surface area contributed by atoms with E-state index in [0.29, 0.717) is 12.2 Å². The van der Waals surface area contributed by atoms with Crippen LogP contribution in [0.4, 0.5) is 5.69 Å². The van der Waals surface area contributed by atoms with E-state index in [4.69, 9.17) is 0 Å². The lowest BCUT2D eigenvalue weighted by atomic mass is 9.96. The van der Waals surface area contributed by atoms with E-state index in [1.165, 1.54) is 6.07 Å². The number of fused-ring (bicyclic) bond motifs is 1. The van der Waals surface area contributed by atoms with E-state index < -0.39 is 16.1 Å². The summed E-state index contributed by atoms with van der Waals surface area (Å²) < 4.78 is 28.9. The van der Waals surface area contributed by atoms with Crippen LogP contribution in [0.2, 0.25) is 0 Å². The van der Waals surface area contributed by atoms with Gasteiger partial charge < -0.3 is 15.3 Å². The number of rotatable bonds is 7. The van der Waals surface area contributed by atoms with Crippen LogP contribution in [0.5, 0.6) is 0 Å². The fourth-order valence-electron chi connectivity index (χ4n) is 3.69. The number of aliphatic hydroxyl groups excluding tert-OH is 1. The molecule has 1 aromatic carbocycles. The predicted octanol–water partition coefficient (Wildman–Crippen LogP) is 3.46. The molecule has 2 aliphatic rings. The van der Waals surface area contributed by atoms with Crippen LogP contribution in [0.25, 0.3) is 0 Å². The first-order chi connectivity index (χ1) is 13.3. The SMILES string of the molecule is CCCCCN1C(=O)C(C2=NS(=O)(=O)c3ccccc3N2)=C(O)C1C(C)CC. The van der Waals surface area contributed by atoms with Gasteiger partial charge in [-0.05, 0) is 24.5 Å². The van der Waals surface area contributed by atoms with Crippen molar-refractivity contribution in [1.29, 1.82) is 0 Å². The Morgan fingerprint density at radius 3 is 2.64 bits per heavy atom. The van der Waals surface area contributed by atoms with Crippen LogP contribution in [0.3, 0.4) is 0 Å². The number of benzene rings is 1. The van der Waals surface area contributed by atoms with Crippen molar-refractivity contribution >= 4 is 27.5 Å². The zero-order valence-electron chi connectivity index (χ0n) is 16.5. The number of carbonyl (C=O) groups is 1. The molecule has 2 unspecified atom stereocenters. The third-order valence-electron chi connectivity index (χ3n) is 5.40. The fourth-order valence-corrected chi connectivity index (χ4v) is 4.82. The topological polar surface area (TPSA) is 99.1 Å². The largest absolute Gasteiger partial charge is 0.509 e. The Hall–Kier alpha value is -2.35. The van der Waals surface area contributed by atoms with Gasteiger partial charge in [0.15, 0.2) is 5.84 Å². The maximum Gasteiger partial charge on any atom is 0.286 e. The van der Waals surface area contributed by atoms with E-state index in [1.54, 1.807) is 23.1 Å². The second-order valence-corrected chi connectivity index (χ2v) is 8.90. The molecule has 0 saturated carbocycles. The number of nitrogens with one attached hydrogen (secondary N) is 1. The summed E-state index contributed by atoms with van der Waals surface area (Å²) in [6, 6.07) is 5.93. The molecule has 0 aromatic heterocycles. The third-order valence-corrected chi connectivity index (χ3v) is 6.73. The molecule has 7 nitrogen and oxygen atoms in total. The number of amides is 1. The van der Waals surface area contributed by atoms with E-state index in [-0.39, 0.29) is 33.9 Å². The highest BCUT2D eigenvalue weighted by Gasteiger charge is 2.44. The molecular weight excluding hydrogens is 378 g/mol. The number of para-hydroxylation sites is 1. The van der Waals surface area contributed by atoms with Crippen LogP contribution in [0, 0.1) is 5.92 Å². The number of anilines is 1. The van der Waals surface area contributed by atoms with Gasteiger partial charge in [-0.3, -0.25) is 4.79 Å². The number of amidine groups is 1. The van der Waals surface area contributed by atoms with Gasteiger partial charge in [-0.2, -0.15) is 8.42 Å². The van der Waals surface area contributed by atoms with E-state index in [9.17, 15) is 18.3 Å². The van der Waals surface area contributed by atoms with Crippen molar-refractivity contribution < 1.29 is 18.3 Å². The summed E-state index contributed by atoms with van der Waals surface area (Å²) in [5.74, 6) is -0.542. The molecule has 0 spiro atoms. The van der Waals surface area contributed by atoms with Gasteiger partial charge in [0.1, 0.15) is 16.2 Å². The Labute approximate surface area is 166 Å². The van der Waals surface area contributed by atoms with Gasteiger partial charge in [-0.25, -0.2) is 0 Å². The molecule has 0 bridgehead atoms. The molecule has 0 fully saturated rings. The zero-order chi connectivity index (χ0) is 20.5. The van der Waals surface area contributed by atoms with Gasteiger partial charge in [-0.15, -0.1) is 4.40 Å². The second-order valence-electron chi connectivity index (χ2n) is 7.33. The first-order valence-corrected chi connectivity index (χ1v) is 11.2. The van der Waals surface area contributed by atoms with Crippen LogP contribution >= 0.6 is 0 Å². The Bertz CT molecular complexity index is 937. The smallest absolute Gasteiger partial charge is 0.286 e. The minimum atomic E-state index is -3.95. The number of aliphatic hydroxyl groups is 1. The van der Waals surface area contributed by atoms with Gasteiger partial charge in [0.2, 0.25) is 0 Å². The molecule has 2 heterocycles. The summed E-state index contributed by atoms with van der Waals surface area (Å²) in [6.45, 7) is 6.59. The molecule has 0 saturated heterocycles. The molecule has 0 radical (unpaired) electrons. The molecule has 1 aromatic rings. The van der Waals surface area contributed by atoms with Gasteiger partial charge in [0.25, 0.3) is 15.9 Å². The quantitative estimate of drug-likeness (QED) is 0.677. The van der Waals surface area contributed by atoms with Crippen LogP contribution in [-0.2, 0) is 14.8 Å². The van der Waals surface area contributed by atoms with Crippen molar-refractivity contribution in [3.63, 3.8) is 0 Å². The number of unbranched alkanes of at least 4 members (excludes halogenated alkanes) is 2. The molecule has 1 amide bonds. The fraction of sp³-hybridized carbons (Fsp3) is 0.500. The average Bonchev–Trinajstić information content (AvgIpc) is 2.91. The van der Waals surface area contributed by atoms with Crippen LogP contribution in [-0.4, -0.2) is 42.8 Å². The van der Waals surface area contributed by atoms with E-state index in [0.717, 1.165) is 25.7 Å². The molecule has 8 heteroatoms. The molecule has 28 heavy (non-hydrogen) atoms. The van der Waals surface area contributed by atoms with Crippen molar-refractivity contribution in [1.82, 2.24) is 4.90 Å².